The van der Waals surface area contributed by atoms with E-state index in [-0.39, 0.29) is 18.0 Å². The third-order valence-corrected chi connectivity index (χ3v) is 10.3. The van der Waals surface area contributed by atoms with Crippen molar-refractivity contribution in [2.75, 3.05) is 27.4 Å². The van der Waals surface area contributed by atoms with Crippen molar-refractivity contribution in [3.63, 3.8) is 0 Å². The Morgan fingerprint density at radius 3 is 2.11 bits per heavy atom. The molecule has 47 heavy (non-hydrogen) atoms. The summed E-state index contributed by atoms with van der Waals surface area (Å²) < 4.78 is 64.0. The SMILES string of the molecule is COc1ccc(C(c2ccccc2)(c2ccc(OC)cc2)C2OCCCC23CC2(N=C(N)OCC2(F)F)c2cc(Br)ccc2O3)cc1. The minimum Gasteiger partial charge on any atom is -0.497 e. The number of ether oxygens (including phenoxy) is 5. The molecule has 10 heteroatoms. The quantitative estimate of drug-likeness (QED) is 0.211. The largest absolute Gasteiger partial charge is 0.497 e. The molecule has 3 aliphatic rings. The molecule has 0 radical (unpaired) electrons. The van der Waals surface area contributed by atoms with Gasteiger partial charge in [0.2, 0.25) is 0 Å². The first kappa shape index (κ1) is 31.4. The number of alkyl halides is 2. The maximum Gasteiger partial charge on any atom is 0.310 e. The van der Waals surface area contributed by atoms with Crippen molar-refractivity contribution in [3.05, 3.63) is 124 Å². The van der Waals surface area contributed by atoms with Gasteiger partial charge in [-0.2, -0.15) is 8.78 Å². The van der Waals surface area contributed by atoms with E-state index in [1.165, 1.54) is 0 Å². The van der Waals surface area contributed by atoms with Gasteiger partial charge in [-0.1, -0.05) is 70.5 Å². The summed E-state index contributed by atoms with van der Waals surface area (Å²) in [6, 6.07) is 30.5. The predicted octanol–water partition coefficient (Wildman–Crippen LogP) is 7.38. The molecule has 3 unspecified atom stereocenters. The van der Waals surface area contributed by atoms with E-state index in [9.17, 15) is 0 Å². The van der Waals surface area contributed by atoms with Crippen LogP contribution < -0.4 is 19.9 Å². The molecule has 1 saturated heterocycles. The smallest absolute Gasteiger partial charge is 0.310 e. The molecule has 0 amide bonds. The molecule has 0 saturated carbocycles. The van der Waals surface area contributed by atoms with Crippen LogP contribution in [-0.2, 0) is 20.4 Å². The first-order valence-electron chi connectivity index (χ1n) is 15.5. The molecular formula is C37H35BrF2N2O5. The number of hydrogen-bond acceptors (Lipinski definition) is 7. The number of halogens is 3. The van der Waals surface area contributed by atoms with Crippen LogP contribution in [-0.4, -0.2) is 51.1 Å². The Labute approximate surface area is 280 Å². The summed E-state index contributed by atoms with van der Waals surface area (Å²) in [6.07, 6.45) is 0.0148. The van der Waals surface area contributed by atoms with Gasteiger partial charge in [0.05, 0.1) is 19.6 Å². The third kappa shape index (κ3) is 4.95. The van der Waals surface area contributed by atoms with Crippen LogP contribution in [0.25, 0.3) is 0 Å². The molecule has 7 nitrogen and oxygen atoms in total. The number of nitrogens with zero attached hydrogens (tertiary/aromatic N) is 1. The van der Waals surface area contributed by atoms with Crippen molar-refractivity contribution in [2.45, 2.75) is 47.8 Å². The monoisotopic (exact) mass is 704 g/mol. The van der Waals surface area contributed by atoms with Crippen LogP contribution in [0.2, 0.25) is 0 Å². The van der Waals surface area contributed by atoms with Gasteiger partial charge < -0.3 is 29.4 Å². The summed E-state index contributed by atoms with van der Waals surface area (Å²) in [4.78, 5) is 4.47. The fourth-order valence-electron chi connectivity index (χ4n) is 7.73. The van der Waals surface area contributed by atoms with Crippen molar-refractivity contribution in [1.82, 2.24) is 0 Å². The second-order valence-electron chi connectivity index (χ2n) is 12.3. The number of amidine groups is 1. The Bertz CT molecular complexity index is 1740. The van der Waals surface area contributed by atoms with Gasteiger partial charge in [-0.15, -0.1) is 0 Å². The van der Waals surface area contributed by atoms with Crippen molar-refractivity contribution in [1.29, 1.82) is 0 Å². The Kier molecular flexibility index (Phi) is 7.91. The molecule has 7 rings (SSSR count). The Morgan fingerprint density at radius 1 is 0.872 bits per heavy atom. The molecule has 3 heterocycles. The molecule has 1 fully saturated rings. The molecule has 0 bridgehead atoms. The zero-order chi connectivity index (χ0) is 32.9. The van der Waals surface area contributed by atoms with Gasteiger partial charge in [0.1, 0.15) is 29.0 Å². The lowest BCUT2D eigenvalue weighted by Gasteiger charge is -2.58. The van der Waals surface area contributed by atoms with Gasteiger partial charge in [-0.3, -0.25) is 0 Å². The van der Waals surface area contributed by atoms with E-state index in [0.29, 0.717) is 41.2 Å². The average molecular weight is 706 g/mol. The third-order valence-electron chi connectivity index (χ3n) is 9.78. The highest BCUT2D eigenvalue weighted by Gasteiger charge is 2.69. The highest BCUT2D eigenvalue weighted by atomic mass is 79.9. The molecule has 2 N–H and O–H groups in total. The number of rotatable bonds is 6. The van der Waals surface area contributed by atoms with Crippen LogP contribution >= 0.6 is 15.9 Å². The normalized spacial score (nSPS) is 24.9. The molecule has 2 spiro atoms. The van der Waals surface area contributed by atoms with E-state index in [4.69, 9.17) is 29.4 Å². The van der Waals surface area contributed by atoms with Crippen molar-refractivity contribution in [3.8, 4) is 17.2 Å². The molecule has 0 aliphatic carbocycles. The Balaban J connectivity index is 1.55. The molecule has 4 aromatic carbocycles. The summed E-state index contributed by atoms with van der Waals surface area (Å²) in [5.41, 5.74) is 4.60. The number of hydrogen-bond donors (Lipinski definition) is 1. The Hall–Kier alpha value is -4.15. The summed E-state index contributed by atoms with van der Waals surface area (Å²) in [6.45, 7) is -0.502. The van der Waals surface area contributed by atoms with E-state index in [1.54, 1.807) is 32.4 Å². The van der Waals surface area contributed by atoms with E-state index in [2.05, 4.69) is 20.9 Å². The maximum atomic E-state index is 16.6. The Morgan fingerprint density at radius 2 is 1.49 bits per heavy atom. The van der Waals surface area contributed by atoms with Gasteiger partial charge in [-0.25, -0.2) is 4.99 Å². The molecule has 0 aromatic heterocycles. The second-order valence-corrected chi connectivity index (χ2v) is 13.2. The summed E-state index contributed by atoms with van der Waals surface area (Å²) in [7, 11) is 3.24. The first-order chi connectivity index (χ1) is 22.7. The maximum absolute atomic E-state index is 16.6. The van der Waals surface area contributed by atoms with E-state index in [0.717, 1.165) is 16.7 Å². The van der Waals surface area contributed by atoms with E-state index >= 15 is 8.78 Å². The fourth-order valence-corrected chi connectivity index (χ4v) is 8.09. The standard InChI is InChI=1S/C37H35BrF2N2O5/c1-43-28-14-9-25(10-15-28)37(24-7-4-3-5-8-24,26-11-16-29(44-2)17-12-26)32-34(19-6-20-45-32)22-35(36(39,40)23-46-33(41)42-35)30-21-27(38)13-18-31(30)47-34/h3-5,7-18,21,32H,6,19-20,22-23H2,1-2H3,(H2,41,42). The number of benzene rings is 4. The summed E-state index contributed by atoms with van der Waals surface area (Å²) in [5, 5.41) is 0. The zero-order valence-corrected chi connectivity index (χ0v) is 27.6. The summed E-state index contributed by atoms with van der Waals surface area (Å²) in [5.74, 6) is -1.74. The first-order valence-corrected chi connectivity index (χ1v) is 16.3. The number of nitrogens with two attached hydrogens (primary N) is 1. The highest BCUT2D eigenvalue weighted by Crippen LogP contribution is 2.61. The van der Waals surface area contributed by atoms with Crippen molar-refractivity contribution < 1.29 is 32.5 Å². The van der Waals surface area contributed by atoms with Crippen LogP contribution in [0.15, 0.2) is 107 Å². The minimum absolute atomic E-state index is 0.202. The van der Waals surface area contributed by atoms with E-state index in [1.807, 2.05) is 78.9 Å². The van der Waals surface area contributed by atoms with Gasteiger partial charge in [0, 0.05) is 23.1 Å². The molecule has 244 valence electrons. The van der Waals surface area contributed by atoms with Crippen LogP contribution in [0, 0.1) is 0 Å². The lowest BCUT2D eigenvalue weighted by Crippen LogP contribution is -2.68. The van der Waals surface area contributed by atoms with Crippen LogP contribution in [0.4, 0.5) is 8.78 Å². The second kappa shape index (κ2) is 11.8. The van der Waals surface area contributed by atoms with Crippen molar-refractivity contribution >= 4 is 22.0 Å². The van der Waals surface area contributed by atoms with Gasteiger partial charge >= 0.3 is 5.92 Å². The molecule has 3 atom stereocenters. The van der Waals surface area contributed by atoms with Crippen molar-refractivity contribution in [2.24, 2.45) is 10.7 Å². The molecule has 4 aromatic rings. The molecule has 3 aliphatic heterocycles. The number of fused-ring (bicyclic) bond motifs is 2. The van der Waals surface area contributed by atoms with Crippen LogP contribution in [0.3, 0.4) is 0 Å². The minimum atomic E-state index is -3.42. The number of aliphatic imine (C=N–C) groups is 1. The van der Waals surface area contributed by atoms with Gasteiger partial charge in [-0.05, 0) is 72.0 Å². The zero-order valence-electron chi connectivity index (χ0n) is 26.1. The van der Waals surface area contributed by atoms with Crippen LogP contribution in [0.5, 0.6) is 17.2 Å². The lowest BCUT2D eigenvalue weighted by atomic mass is 9.57. The van der Waals surface area contributed by atoms with E-state index < -0.39 is 35.2 Å². The van der Waals surface area contributed by atoms with Gasteiger partial charge in [0.15, 0.2) is 12.1 Å². The summed E-state index contributed by atoms with van der Waals surface area (Å²) >= 11 is 3.48. The lowest BCUT2D eigenvalue weighted by molar-refractivity contribution is -0.202. The van der Waals surface area contributed by atoms with Gasteiger partial charge in [0.25, 0.3) is 6.02 Å². The highest BCUT2D eigenvalue weighted by molar-refractivity contribution is 9.10. The fraction of sp³-hybridized carbons (Fsp3) is 0.324. The molecular weight excluding hydrogens is 670 g/mol. The number of methoxy groups -OCH3 is 2. The average Bonchev–Trinajstić information content (AvgIpc) is 3.09. The predicted molar refractivity (Wildman–Crippen MR) is 178 cm³/mol. The van der Waals surface area contributed by atoms with Crippen LogP contribution in [0.1, 0.15) is 41.5 Å². The topological polar surface area (TPSA) is 84.5 Å².